The molecule has 1 aliphatic rings. The molecule has 4 nitrogen and oxygen atoms in total. The van der Waals surface area contributed by atoms with E-state index in [-0.39, 0.29) is 18.0 Å². The molecule has 0 bridgehead atoms. The summed E-state index contributed by atoms with van der Waals surface area (Å²) < 4.78 is 0. The number of hydrogen-bond acceptors (Lipinski definition) is 3. The van der Waals surface area contributed by atoms with Crippen molar-refractivity contribution in [1.29, 1.82) is 0 Å². The molecule has 0 aromatic heterocycles. The van der Waals surface area contributed by atoms with Gasteiger partial charge >= 0.3 is 5.97 Å². The largest absolute Gasteiger partial charge is 0.481 e. The third-order valence-corrected chi connectivity index (χ3v) is 3.88. The average molecular weight is 242 g/mol. The monoisotopic (exact) mass is 242 g/mol. The number of carboxylic acid groups (broad SMARTS) is 1. The van der Waals surface area contributed by atoms with Crippen LogP contribution in [0.25, 0.3) is 0 Å². The summed E-state index contributed by atoms with van der Waals surface area (Å²) in [6.07, 6.45) is 1.33. The Kier molecular flexibility index (Phi) is 4.55. The van der Waals surface area contributed by atoms with Crippen LogP contribution in [0.3, 0.4) is 0 Å². The van der Waals surface area contributed by atoms with E-state index in [4.69, 9.17) is 5.11 Å². The number of hydrogen-bond donors (Lipinski definition) is 1. The van der Waals surface area contributed by atoms with Gasteiger partial charge in [0.05, 0.1) is 6.42 Å². The molecule has 0 amide bonds. The standard InChI is InChI=1S/C13H26N2O2/c1-10-6-7-15(13(2,3)4)9-11(14(10)5)8-12(16)17/h10-11H,6-9H2,1-5H3,(H,16,17). The van der Waals surface area contributed by atoms with E-state index in [0.29, 0.717) is 6.04 Å². The van der Waals surface area contributed by atoms with Gasteiger partial charge in [-0.3, -0.25) is 14.6 Å². The van der Waals surface area contributed by atoms with Crippen LogP contribution in [-0.4, -0.2) is 58.6 Å². The highest BCUT2D eigenvalue weighted by Crippen LogP contribution is 2.22. The molecule has 1 heterocycles. The molecule has 0 aliphatic carbocycles. The summed E-state index contributed by atoms with van der Waals surface area (Å²) in [5, 5.41) is 9.01. The maximum absolute atomic E-state index is 10.9. The fourth-order valence-electron chi connectivity index (χ4n) is 2.40. The zero-order valence-electron chi connectivity index (χ0n) is 11.7. The molecule has 0 aromatic carbocycles. The Balaban J connectivity index is 2.80. The fourth-order valence-corrected chi connectivity index (χ4v) is 2.40. The van der Waals surface area contributed by atoms with E-state index >= 15 is 0 Å². The van der Waals surface area contributed by atoms with Gasteiger partial charge < -0.3 is 5.11 Å². The molecule has 1 rings (SSSR count). The van der Waals surface area contributed by atoms with Crippen molar-refractivity contribution in [3.8, 4) is 0 Å². The first-order chi connectivity index (χ1) is 7.71. The molecule has 0 saturated carbocycles. The van der Waals surface area contributed by atoms with Crippen molar-refractivity contribution < 1.29 is 9.90 Å². The second-order valence-corrected chi connectivity index (χ2v) is 6.17. The number of carboxylic acids is 1. The van der Waals surface area contributed by atoms with Crippen LogP contribution in [0.5, 0.6) is 0 Å². The Bertz CT molecular complexity index is 273. The lowest BCUT2D eigenvalue weighted by Gasteiger charge is -2.37. The third kappa shape index (κ3) is 3.96. The summed E-state index contributed by atoms with van der Waals surface area (Å²) in [7, 11) is 2.05. The lowest BCUT2D eigenvalue weighted by molar-refractivity contribution is -0.138. The second-order valence-electron chi connectivity index (χ2n) is 6.17. The average Bonchev–Trinajstić information content (AvgIpc) is 2.29. The number of nitrogens with zero attached hydrogens (tertiary/aromatic N) is 2. The number of aliphatic carboxylic acids is 1. The van der Waals surface area contributed by atoms with Crippen molar-refractivity contribution in [2.24, 2.45) is 0 Å². The number of likely N-dealkylation sites (N-methyl/N-ethyl adjacent to an activating group) is 1. The van der Waals surface area contributed by atoms with Gasteiger partial charge in [0.15, 0.2) is 0 Å². The first-order valence-corrected chi connectivity index (χ1v) is 6.40. The smallest absolute Gasteiger partial charge is 0.304 e. The summed E-state index contributed by atoms with van der Waals surface area (Å²) in [4.78, 5) is 15.6. The molecule has 1 fully saturated rings. The summed E-state index contributed by atoms with van der Waals surface area (Å²) in [6, 6.07) is 0.566. The second kappa shape index (κ2) is 5.36. The quantitative estimate of drug-likeness (QED) is 0.799. The van der Waals surface area contributed by atoms with Gasteiger partial charge in [-0.2, -0.15) is 0 Å². The van der Waals surface area contributed by atoms with Crippen molar-refractivity contribution in [1.82, 2.24) is 9.80 Å². The summed E-state index contributed by atoms with van der Waals surface area (Å²) in [5.74, 6) is -0.704. The number of carbonyl (C=O) groups is 1. The van der Waals surface area contributed by atoms with Crippen molar-refractivity contribution in [2.45, 2.75) is 58.2 Å². The molecule has 0 aromatic rings. The summed E-state index contributed by atoms with van der Waals surface area (Å²) >= 11 is 0. The molecular weight excluding hydrogens is 216 g/mol. The van der Waals surface area contributed by atoms with Gasteiger partial charge in [-0.15, -0.1) is 0 Å². The Hall–Kier alpha value is -0.610. The molecular formula is C13H26N2O2. The van der Waals surface area contributed by atoms with E-state index in [1.54, 1.807) is 0 Å². The maximum atomic E-state index is 10.9. The molecule has 17 heavy (non-hydrogen) atoms. The zero-order valence-corrected chi connectivity index (χ0v) is 11.7. The Labute approximate surface area is 105 Å². The van der Waals surface area contributed by atoms with Crippen LogP contribution in [0.2, 0.25) is 0 Å². The van der Waals surface area contributed by atoms with Crippen molar-refractivity contribution >= 4 is 5.97 Å². The maximum Gasteiger partial charge on any atom is 0.304 e. The van der Waals surface area contributed by atoms with Gasteiger partial charge in [-0.1, -0.05) is 0 Å². The van der Waals surface area contributed by atoms with Crippen LogP contribution >= 0.6 is 0 Å². The van der Waals surface area contributed by atoms with Gasteiger partial charge in [0.25, 0.3) is 0 Å². The predicted molar refractivity (Wildman–Crippen MR) is 69.2 cm³/mol. The van der Waals surface area contributed by atoms with Crippen LogP contribution in [-0.2, 0) is 4.79 Å². The van der Waals surface area contributed by atoms with Crippen LogP contribution in [0, 0.1) is 0 Å². The van der Waals surface area contributed by atoms with Gasteiger partial charge in [0.1, 0.15) is 0 Å². The molecule has 1 N–H and O–H groups in total. The molecule has 100 valence electrons. The van der Waals surface area contributed by atoms with Crippen molar-refractivity contribution in [2.75, 3.05) is 20.1 Å². The summed E-state index contributed by atoms with van der Waals surface area (Å²) in [5.41, 5.74) is 0.113. The Morgan fingerprint density at radius 2 is 2.00 bits per heavy atom. The van der Waals surface area contributed by atoms with Crippen LogP contribution in [0.15, 0.2) is 0 Å². The number of rotatable bonds is 2. The Morgan fingerprint density at radius 1 is 1.41 bits per heavy atom. The lowest BCUT2D eigenvalue weighted by Crippen LogP contribution is -2.48. The highest BCUT2D eigenvalue weighted by atomic mass is 16.4. The fraction of sp³-hybridized carbons (Fsp3) is 0.923. The van der Waals surface area contributed by atoms with Crippen LogP contribution in [0.4, 0.5) is 0 Å². The van der Waals surface area contributed by atoms with E-state index in [1.165, 1.54) is 0 Å². The first-order valence-electron chi connectivity index (χ1n) is 6.40. The van der Waals surface area contributed by atoms with E-state index in [1.807, 2.05) is 7.05 Å². The normalized spacial score (nSPS) is 29.0. The van der Waals surface area contributed by atoms with Crippen LogP contribution < -0.4 is 0 Å². The minimum absolute atomic E-state index is 0.113. The minimum Gasteiger partial charge on any atom is -0.481 e. The molecule has 1 aliphatic heterocycles. The van der Waals surface area contributed by atoms with Gasteiger partial charge in [0.2, 0.25) is 0 Å². The van der Waals surface area contributed by atoms with E-state index in [2.05, 4.69) is 37.5 Å². The van der Waals surface area contributed by atoms with E-state index in [9.17, 15) is 4.79 Å². The van der Waals surface area contributed by atoms with Crippen molar-refractivity contribution in [3.63, 3.8) is 0 Å². The highest BCUT2D eigenvalue weighted by molar-refractivity contribution is 5.67. The highest BCUT2D eigenvalue weighted by Gasteiger charge is 2.32. The molecule has 0 spiro atoms. The lowest BCUT2D eigenvalue weighted by atomic mass is 10.0. The van der Waals surface area contributed by atoms with Gasteiger partial charge in [-0.05, 0) is 41.2 Å². The molecule has 4 heteroatoms. The van der Waals surface area contributed by atoms with Crippen molar-refractivity contribution in [3.05, 3.63) is 0 Å². The molecule has 2 unspecified atom stereocenters. The van der Waals surface area contributed by atoms with Crippen LogP contribution in [0.1, 0.15) is 40.5 Å². The summed E-state index contributed by atoms with van der Waals surface area (Å²) in [6.45, 7) is 10.7. The Morgan fingerprint density at radius 3 is 2.47 bits per heavy atom. The topological polar surface area (TPSA) is 43.8 Å². The minimum atomic E-state index is -0.704. The third-order valence-electron chi connectivity index (χ3n) is 3.88. The van der Waals surface area contributed by atoms with Gasteiger partial charge in [0, 0.05) is 30.7 Å². The predicted octanol–water partition coefficient (Wildman–Crippen LogP) is 1.65. The van der Waals surface area contributed by atoms with E-state index in [0.717, 1.165) is 19.5 Å². The van der Waals surface area contributed by atoms with E-state index < -0.39 is 5.97 Å². The first kappa shape index (κ1) is 14.5. The zero-order chi connectivity index (χ0) is 13.2. The molecule has 1 saturated heterocycles. The molecule has 0 radical (unpaired) electrons. The molecule has 2 atom stereocenters. The SMILES string of the molecule is CC1CCN(C(C)(C)C)CC(CC(=O)O)N1C. The van der Waals surface area contributed by atoms with Gasteiger partial charge in [-0.25, -0.2) is 0 Å².